The van der Waals surface area contributed by atoms with Gasteiger partial charge in [0, 0.05) is 24.9 Å². The molecule has 0 fully saturated rings. The zero-order valence-corrected chi connectivity index (χ0v) is 14.4. The van der Waals surface area contributed by atoms with Gasteiger partial charge in [-0.2, -0.15) is 4.98 Å². The van der Waals surface area contributed by atoms with Crippen LogP contribution in [-0.4, -0.2) is 36.5 Å². The summed E-state index contributed by atoms with van der Waals surface area (Å²) in [7, 11) is 1.89. The molecule has 0 unspecified atom stereocenters. The van der Waals surface area contributed by atoms with Crippen molar-refractivity contribution >= 4 is 12.2 Å². The lowest BCUT2D eigenvalue weighted by Gasteiger charge is -2.17. The number of aromatic nitrogens is 2. The molecule has 0 amide bonds. The van der Waals surface area contributed by atoms with Crippen molar-refractivity contribution in [2.45, 2.75) is 0 Å². The normalized spacial score (nSPS) is 10.2. The Morgan fingerprint density at radius 1 is 1.00 bits per heavy atom. The van der Waals surface area contributed by atoms with E-state index in [1.165, 1.54) is 0 Å². The van der Waals surface area contributed by atoms with Crippen LogP contribution in [0.4, 0.5) is 5.95 Å². The van der Waals surface area contributed by atoms with Crippen molar-refractivity contribution in [1.82, 2.24) is 9.97 Å². The third kappa shape index (κ3) is 4.80. The molecule has 0 aliphatic carbocycles. The molecule has 3 aromatic rings. The van der Waals surface area contributed by atoms with Crippen LogP contribution in [0.2, 0.25) is 0 Å². The third-order valence-electron chi connectivity index (χ3n) is 3.64. The number of hydrogen-bond donors (Lipinski definition) is 0. The van der Waals surface area contributed by atoms with Gasteiger partial charge >= 0.3 is 0 Å². The fourth-order valence-electron chi connectivity index (χ4n) is 2.23. The van der Waals surface area contributed by atoms with Gasteiger partial charge < -0.3 is 14.4 Å². The first-order valence-corrected chi connectivity index (χ1v) is 8.20. The van der Waals surface area contributed by atoms with E-state index in [1.54, 1.807) is 36.5 Å². The highest BCUT2D eigenvalue weighted by Crippen LogP contribution is 2.20. The van der Waals surface area contributed by atoms with E-state index in [4.69, 9.17) is 9.47 Å². The molecule has 0 bridgehead atoms. The van der Waals surface area contributed by atoms with Gasteiger partial charge in [0.2, 0.25) is 11.8 Å². The van der Waals surface area contributed by atoms with Gasteiger partial charge in [0.05, 0.1) is 6.54 Å². The molecule has 1 heterocycles. The minimum atomic E-state index is 0.462. The summed E-state index contributed by atoms with van der Waals surface area (Å²) in [6, 6.07) is 18.2. The maximum atomic E-state index is 10.6. The smallest absolute Gasteiger partial charge is 0.228 e. The molecule has 3 rings (SSSR count). The van der Waals surface area contributed by atoms with Gasteiger partial charge in [-0.05, 0) is 36.4 Å². The Labute approximate surface area is 152 Å². The van der Waals surface area contributed by atoms with E-state index in [1.807, 2.05) is 42.3 Å². The molecule has 6 nitrogen and oxygen atoms in total. The fraction of sp³-hybridized carbons (Fsp3) is 0.150. The third-order valence-corrected chi connectivity index (χ3v) is 3.64. The standard InChI is InChI=1S/C20H19N3O3/c1-23(13-14-25-17-9-7-16(15-24)8-10-17)20-21-12-11-19(22-20)26-18-5-3-2-4-6-18/h2-12,15H,13-14H2,1H3. The Morgan fingerprint density at radius 3 is 2.50 bits per heavy atom. The van der Waals surface area contributed by atoms with E-state index < -0.39 is 0 Å². The number of anilines is 1. The zero-order valence-electron chi connectivity index (χ0n) is 14.4. The first-order chi connectivity index (χ1) is 12.7. The maximum Gasteiger partial charge on any atom is 0.228 e. The Kier molecular flexibility index (Phi) is 5.77. The number of carbonyl (C=O) groups is 1. The van der Waals surface area contributed by atoms with E-state index >= 15 is 0 Å². The Hall–Kier alpha value is -3.41. The highest BCUT2D eigenvalue weighted by Gasteiger charge is 2.07. The number of likely N-dealkylation sites (N-methyl/N-ethyl adjacent to an activating group) is 1. The van der Waals surface area contributed by atoms with Crippen LogP contribution >= 0.6 is 0 Å². The second kappa shape index (κ2) is 8.62. The van der Waals surface area contributed by atoms with Crippen LogP contribution < -0.4 is 14.4 Å². The number of rotatable bonds is 8. The summed E-state index contributed by atoms with van der Waals surface area (Å²) in [5, 5.41) is 0. The average molecular weight is 349 g/mol. The SMILES string of the molecule is CN(CCOc1ccc(C=O)cc1)c1nccc(Oc2ccccc2)n1. The van der Waals surface area contributed by atoms with Crippen LogP contribution in [0.25, 0.3) is 0 Å². The zero-order chi connectivity index (χ0) is 18.2. The average Bonchev–Trinajstić information content (AvgIpc) is 2.69. The van der Waals surface area contributed by atoms with Crippen LogP contribution in [0.15, 0.2) is 66.9 Å². The highest BCUT2D eigenvalue weighted by atomic mass is 16.5. The van der Waals surface area contributed by atoms with Gasteiger partial charge in [-0.25, -0.2) is 4.98 Å². The van der Waals surface area contributed by atoms with Gasteiger partial charge in [-0.1, -0.05) is 18.2 Å². The second-order valence-electron chi connectivity index (χ2n) is 5.57. The molecule has 132 valence electrons. The van der Waals surface area contributed by atoms with Gasteiger partial charge in [-0.15, -0.1) is 0 Å². The topological polar surface area (TPSA) is 64.5 Å². The predicted molar refractivity (Wildman–Crippen MR) is 99.1 cm³/mol. The summed E-state index contributed by atoms with van der Waals surface area (Å²) in [6.45, 7) is 1.06. The molecular formula is C20H19N3O3. The van der Waals surface area contributed by atoms with Crippen molar-refractivity contribution in [2.75, 3.05) is 25.1 Å². The van der Waals surface area contributed by atoms with Gasteiger partial charge in [0.1, 0.15) is 24.4 Å². The molecule has 0 atom stereocenters. The molecule has 6 heteroatoms. The lowest BCUT2D eigenvalue weighted by atomic mass is 10.2. The summed E-state index contributed by atoms with van der Waals surface area (Å²) >= 11 is 0. The minimum Gasteiger partial charge on any atom is -0.492 e. The van der Waals surface area contributed by atoms with Crippen molar-refractivity contribution in [3.63, 3.8) is 0 Å². The first kappa shape index (κ1) is 17.4. The maximum absolute atomic E-state index is 10.6. The Morgan fingerprint density at radius 2 is 1.77 bits per heavy atom. The van der Waals surface area contributed by atoms with Crippen molar-refractivity contribution in [3.05, 3.63) is 72.4 Å². The van der Waals surface area contributed by atoms with Crippen LogP contribution in [0.3, 0.4) is 0 Å². The molecule has 0 saturated heterocycles. The summed E-state index contributed by atoms with van der Waals surface area (Å²) in [5.74, 6) is 2.48. The number of nitrogens with zero attached hydrogens (tertiary/aromatic N) is 3. The Bertz CT molecular complexity index is 838. The second-order valence-corrected chi connectivity index (χ2v) is 5.57. The van der Waals surface area contributed by atoms with Crippen LogP contribution in [-0.2, 0) is 0 Å². The first-order valence-electron chi connectivity index (χ1n) is 8.20. The monoisotopic (exact) mass is 349 g/mol. The number of para-hydroxylation sites is 1. The van der Waals surface area contributed by atoms with Crippen LogP contribution in [0.1, 0.15) is 10.4 Å². The molecule has 0 spiro atoms. The molecule has 1 aromatic heterocycles. The molecule has 0 aliphatic rings. The van der Waals surface area contributed by atoms with Gasteiger partial charge in [-0.3, -0.25) is 4.79 Å². The molecular weight excluding hydrogens is 330 g/mol. The van der Waals surface area contributed by atoms with E-state index in [-0.39, 0.29) is 0 Å². The van der Waals surface area contributed by atoms with Crippen molar-refractivity contribution in [3.8, 4) is 17.4 Å². The van der Waals surface area contributed by atoms with Gasteiger partial charge in [0.25, 0.3) is 0 Å². The Balaban J connectivity index is 1.54. The molecule has 0 radical (unpaired) electrons. The number of hydrogen-bond acceptors (Lipinski definition) is 6. The molecule has 2 aromatic carbocycles. The highest BCUT2D eigenvalue weighted by molar-refractivity contribution is 5.74. The van der Waals surface area contributed by atoms with Crippen LogP contribution in [0.5, 0.6) is 17.4 Å². The van der Waals surface area contributed by atoms with Gasteiger partial charge in [0.15, 0.2) is 0 Å². The van der Waals surface area contributed by atoms with E-state index in [9.17, 15) is 4.79 Å². The van der Waals surface area contributed by atoms with E-state index in [0.717, 1.165) is 12.0 Å². The van der Waals surface area contributed by atoms with E-state index in [0.29, 0.717) is 36.3 Å². The number of carbonyl (C=O) groups excluding carboxylic acids is 1. The molecule has 0 aliphatic heterocycles. The quantitative estimate of drug-likeness (QED) is 0.579. The number of ether oxygens (including phenoxy) is 2. The minimum absolute atomic E-state index is 0.462. The summed E-state index contributed by atoms with van der Waals surface area (Å²) in [5.41, 5.74) is 0.623. The molecule has 0 N–H and O–H groups in total. The summed E-state index contributed by atoms with van der Waals surface area (Å²) < 4.78 is 11.4. The van der Waals surface area contributed by atoms with Crippen molar-refractivity contribution < 1.29 is 14.3 Å². The lowest BCUT2D eigenvalue weighted by Crippen LogP contribution is -2.25. The lowest BCUT2D eigenvalue weighted by molar-refractivity contribution is 0.112. The summed E-state index contributed by atoms with van der Waals surface area (Å²) in [6.07, 6.45) is 2.47. The van der Waals surface area contributed by atoms with Crippen LogP contribution in [0, 0.1) is 0 Å². The van der Waals surface area contributed by atoms with Crippen molar-refractivity contribution in [2.24, 2.45) is 0 Å². The largest absolute Gasteiger partial charge is 0.492 e. The summed E-state index contributed by atoms with van der Waals surface area (Å²) in [4.78, 5) is 21.2. The molecule has 0 saturated carbocycles. The fourth-order valence-corrected chi connectivity index (χ4v) is 2.23. The molecule has 26 heavy (non-hydrogen) atoms. The number of benzene rings is 2. The predicted octanol–water partition coefficient (Wildman–Crippen LogP) is 3.60. The van der Waals surface area contributed by atoms with Crippen molar-refractivity contribution in [1.29, 1.82) is 0 Å². The number of aldehydes is 1. The van der Waals surface area contributed by atoms with E-state index in [2.05, 4.69) is 9.97 Å².